The van der Waals surface area contributed by atoms with Crippen molar-refractivity contribution in [1.82, 2.24) is 0 Å². The molecular formula is C18H15BrS. The standard InChI is InChI=1S/C18H15BrS/c19-18(17-10-11-20-13-17)16-8-6-15(7-9-16)12-14-4-2-1-3-5-14/h1-11,13,18H,12H2. The summed E-state index contributed by atoms with van der Waals surface area (Å²) in [5.41, 5.74) is 5.34. The van der Waals surface area contributed by atoms with Gasteiger partial charge in [0.1, 0.15) is 0 Å². The maximum absolute atomic E-state index is 3.77. The van der Waals surface area contributed by atoms with Crippen molar-refractivity contribution in [2.45, 2.75) is 11.2 Å². The number of hydrogen-bond donors (Lipinski definition) is 0. The molecule has 1 heterocycles. The molecule has 1 atom stereocenters. The fourth-order valence-electron chi connectivity index (χ4n) is 2.25. The fourth-order valence-corrected chi connectivity index (χ4v) is 3.70. The summed E-state index contributed by atoms with van der Waals surface area (Å²) in [5, 5.41) is 4.31. The summed E-state index contributed by atoms with van der Waals surface area (Å²) in [7, 11) is 0. The van der Waals surface area contributed by atoms with Gasteiger partial charge in [-0.25, -0.2) is 0 Å². The molecule has 0 radical (unpaired) electrons. The Kier molecular flexibility index (Phi) is 4.34. The molecule has 0 saturated carbocycles. The lowest BCUT2D eigenvalue weighted by molar-refractivity contribution is 1.15. The lowest BCUT2D eigenvalue weighted by Gasteiger charge is -2.09. The second-order valence-electron chi connectivity index (χ2n) is 4.82. The van der Waals surface area contributed by atoms with Crippen LogP contribution in [0.2, 0.25) is 0 Å². The molecule has 2 aromatic carbocycles. The second kappa shape index (κ2) is 6.38. The van der Waals surface area contributed by atoms with Crippen molar-refractivity contribution in [3.63, 3.8) is 0 Å². The van der Waals surface area contributed by atoms with Crippen molar-refractivity contribution < 1.29 is 0 Å². The molecule has 0 aliphatic rings. The van der Waals surface area contributed by atoms with E-state index in [0.717, 1.165) is 6.42 Å². The van der Waals surface area contributed by atoms with Crippen LogP contribution in [0, 0.1) is 0 Å². The Morgan fingerprint density at radius 3 is 2.15 bits per heavy atom. The van der Waals surface area contributed by atoms with E-state index in [1.54, 1.807) is 11.3 Å². The summed E-state index contributed by atoms with van der Waals surface area (Å²) in [4.78, 5) is 0.291. The minimum atomic E-state index is 0.291. The van der Waals surface area contributed by atoms with Crippen LogP contribution < -0.4 is 0 Å². The van der Waals surface area contributed by atoms with Crippen molar-refractivity contribution in [3.05, 3.63) is 93.7 Å². The molecule has 3 rings (SSSR count). The lowest BCUT2D eigenvalue weighted by atomic mass is 10.0. The van der Waals surface area contributed by atoms with Crippen molar-refractivity contribution in [2.24, 2.45) is 0 Å². The van der Waals surface area contributed by atoms with E-state index in [4.69, 9.17) is 0 Å². The Balaban J connectivity index is 1.75. The number of halogens is 1. The third-order valence-electron chi connectivity index (χ3n) is 3.36. The van der Waals surface area contributed by atoms with E-state index in [2.05, 4.69) is 87.4 Å². The molecule has 0 aliphatic heterocycles. The van der Waals surface area contributed by atoms with Gasteiger partial charge in [-0.05, 0) is 45.5 Å². The van der Waals surface area contributed by atoms with Crippen LogP contribution in [0.3, 0.4) is 0 Å². The number of alkyl halides is 1. The molecular weight excluding hydrogens is 328 g/mol. The van der Waals surface area contributed by atoms with Gasteiger partial charge < -0.3 is 0 Å². The van der Waals surface area contributed by atoms with E-state index in [1.165, 1.54) is 22.3 Å². The molecule has 100 valence electrons. The Labute approximate surface area is 132 Å². The Hall–Kier alpha value is -1.38. The quantitative estimate of drug-likeness (QED) is 0.523. The Morgan fingerprint density at radius 1 is 0.800 bits per heavy atom. The van der Waals surface area contributed by atoms with Crippen LogP contribution in [0.1, 0.15) is 27.1 Å². The highest BCUT2D eigenvalue weighted by atomic mass is 79.9. The Bertz CT molecular complexity index is 642. The zero-order chi connectivity index (χ0) is 13.8. The van der Waals surface area contributed by atoms with E-state index in [9.17, 15) is 0 Å². The Morgan fingerprint density at radius 2 is 1.50 bits per heavy atom. The van der Waals surface area contributed by atoms with Gasteiger partial charge in [-0.2, -0.15) is 11.3 Å². The first kappa shape index (κ1) is 13.6. The van der Waals surface area contributed by atoms with Gasteiger partial charge in [-0.15, -0.1) is 0 Å². The molecule has 3 aromatic rings. The molecule has 1 unspecified atom stereocenters. The largest absolute Gasteiger partial charge is 0.152 e. The number of rotatable bonds is 4. The van der Waals surface area contributed by atoms with Gasteiger partial charge in [0.2, 0.25) is 0 Å². The van der Waals surface area contributed by atoms with Crippen LogP contribution in [0.5, 0.6) is 0 Å². The first-order valence-electron chi connectivity index (χ1n) is 6.62. The minimum absolute atomic E-state index is 0.291. The highest BCUT2D eigenvalue weighted by Gasteiger charge is 2.10. The fraction of sp³-hybridized carbons (Fsp3) is 0.111. The molecule has 0 amide bonds. The molecule has 0 fully saturated rings. The van der Waals surface area contributed by atoms with Gasteiger partial charge >= 0.3 is 0 Å². The maximum Gasteiger partial charge on any atom is 0.0652 e. The van der Waals surface area contributed by atoms with E-state index in [1.807, 2.05) is 0 Å². The van der Waals surface area contributed by atoms with Crippen molar-refractivity contribution in [2.75, 3.05) is 0 Å². The summed E-state index contributed by atoms with van der Waals surface area (Å²) < 4.78 is 0. The molecule has 0 spiro atoms. The van der Waals surface area contributed by atoms with E-state index in [-0.39, 0.29) is 0 Å². The molecule has 2 heteroatoms. The van der Waals surface area contributed by atoms with Crippen LogP contribution in [0.25, 0.3) is 0 Å². The number of hydrogen-bond acceptors (Lipinski definition) is 1. The average molecular weight is 343 g/mol. The van der Waals surface area contributed by atoms with E-state index < -0.39 is 0 Å². The summed E-state index contributed by atoms with van der Waals surface area (Å²) in [6.45, 7) is 0. The van der Waals surface area contributed by atoms with Gasteiger partial charge in [0, 0.05) is 0 Å². The van der Waals surface area contributed by atoms with Crippen LogP contribution in [0.15, 0.2) is 71.4 Å². The zero-order valence-corrected chi connectivity index (χ0v) is 13.4. The van der Waals surface area contributed by atoms with Crippen molar-refractivity contribution in [1.29, 1.82) is 0 Å². The molecule has 0 nitrogen and oxygen atoms in total. The highest BCUT2D eigenvalue weighted by Crippen LogP contribution is 2.32. The predicted molar refractivity (Wildman–Crippen MR) is 90.8 cm³/mol. The molecule has 0 N–H and O–H groups in total. The molecule has 0 bridgehead atoms. The van der Waals surface area contributed by atoms with Gasteiger partial charge in [-0.3, -0.25) is 0 Å². The van der Waals surface area contributed by atoms with Crippen molar-refractivity contribution >= 4 is 27.3 Å². The lowest BCUT2D eigenvalue weighted by Crippen LogP contribution is -1.92. The van der Waals surface area contributed by atoms with Crippen LogP contribution in [-0.4, -0.2) is 0 Å². The summed E-state index contributed by atoms with van der Waals surface area (Å²) in [6, 6.07) is 21.6. The highest BCUT2D eigenvalue weighted by molar-refractivity contribution is 9.09. The normalized spacial score (nSPS) is 12.2. The third kappa shape index (κ3) is 3.20. The maximum atomic E-state index is 3.77. The van der Waals surface area contributed by atoms with Crippen LogP contribution >= 0.6 is 27.3 Å². The molecule has 1 aromatic heterocycles. The van der Waals surface area contributed by atoms with Gasteiger partial charge in [0.15, 0.2) is 0 Å². The number of benzene rings is 2. The van der Waals surface area contributed by atoms with Gasteiger partial charge in [0.05, 0.1) is 4.83 Å². The monoisotopic (exact) mass is 342 g/mol. The summed E-state index contributed by atoms with van der Waals surface area (Å²) in [6.07, 6.45) is 0.993. The topological polar surface area (TPSA) is 0 Å². The predicted octanol–water partition coefficient (Wildman–Crippen LogP) is 5.82. The molecule has 0 aliphatic carbocycles. The average Bonchev–Trinajstić information content (AvgIpc) is 3.03. The van der Waals surface area contributed by atoms with E-state index in [0.29, 0.717) is 4.83 Å². The third-order valence-corrected chi connectivity index (χ3v) is 5.12. The van der Waals surface area contributed by atoms with Crippen molar-refractivity contribution in [3.8, 4) is 0 Å². The second-order valence-corrected chi connectivity index (χ2v) is 6.52. The van der Waals surface area contributed by atoms with Gasteiger partial charge in [-0.1, -0.05) is 70.5 Å². The summed E-state index contributed by atoms with van der Waals surface area (Å²) >= 11 is 5.51. The first-order chi connectivity index (χ1) is 9.83. The number of thiophene rings is 1. The van der Waals surface area contributed by atoms with Crippen LogP contribution in [0.4, 0.5) is 0 Å². The first-order valence-corrected chi connectivity index (χ1v) is 8.48. The van der Waals surface area contributed by atoms with Crippen LogP contribution in [-0.2, 0) is 6.42 Å². The van der Waals surface area contributed by atoms with E-state index >= 15 is 0 Å². The molecule has 0 saturated heterocycles. The summed E-state index contributed by atoms with van der Waals surface area (Å²) in [5.74, 6) is 0. The van der Waals surface area contributed by atoms with Gasteiger partial charge in [0.25, 0.3) is 0 Å². The zero-order valence-electron chi connectivity index (χ0n) is 11.0. The molecule has 20 heavy (non-hydrogen) atoms. The SMILES string of the molecule is BrC(c1ccc(Cc2ccccc2)cc1)c1ccsc1. The minimum Gasteiger partial charge on any atom is -0.152 e. The smallest absolute Gasteiger partial charge is 0.0652 e.